The number of carbonyl (C=O) groups is 2. The van der Waals surface area contributed by atoms with Crippen molar-refractivity contribution in [3.8, 4) is 0 Å². The second kappa shape index (κ2) is 6.02. The van der Waals surface area contributed by atoms with Crippen LogP contribution in [0.25, 0.3) is 6.08 Å². The number of Topliss-reactive ketones (excluding diaryl/α,β-unsaturated/α-hetero) is 1. The van der Waals surface area contributed by atoms with Crippen molar-refractivity contribution < 1.29 is 14.3 Å². The second-order valence-corrected chi connectivity index (χ2v) is 5.60. The lowest BCUT2D eigenvalue weighted by atomic mass is 10.1. The summed E-state index contributed by atoms with van der Waals surface area (Å²) in [6.07, 6.45) is 1.51. The zero-order chi connectivity index (χ0) is 14.6. The van der Waals surface area contributed by atoms with Crippen LogP contribution in [0.15, 0.2) is 29.8 Å². The SMILES string of the molecule is CC(=O)C(=Cc1ccc(Cl)cc1)C(=O)OC(C)(C)C. The third kappa shape index (κ3) is 5.26. The molecule has 0 saturated carbocycles. The molecule has 0 aliphatic carbocycles. The highest BCUT2D eigenvalue weighted by Crippen LogP contribution is 2.16. The number of hydrogen-bond donors (Lipinski definition) is 0. The molecule has 3 nitrogen and oxygen atoms in total. The van der Waals surface area contributed by atoms with Crippen LogP contribution in [0.5, 0.6) is 0 Å². The van der Waals surface area contributed by atoms with Gasteiger partial charge in [-0.15, -0.1) is 0 Å². The van der Waals surface area contributed by atoms with Gasteiger partial charge in [0.15, 0.2) is 5.78 Å². The van der Waals surface area contributed by atoms with E-state index in [0.29, 0.717) is 5.02 Å². The van der Waals surface area contributed by atoms with Crippen molar-refractivity contribution in [2.45, 2.75) is 33.3 Å². The maximum atomic E-state index is 11.9. The van der Waals surface area contributed by atoms with Gasteiger partial charge in [0, 0.05) is 5.02 Å². The highest BCUT2D eigenvalue weighted by molar-refractivity contribution is 6.30. The summed E-state index contributed by atoms with van der Waals surface area (Å²) in [4.78, 5) is 23.5. The number of hydrogen-bond acceptors (Lipinski definition) is 3. The molecule has 0 radical (unpaired) electrons. The summed E-state index contributed by atoms with van der Waals surface area (Å²) in [5.41, 5.74) is 0.115. The molecule has 1 aromatic rings. The van der Waals surface area contributed by atoms with E-state index in [1.54, 1.807) is 45.0 Å². The topological polar surface area (TPSA) is 43.4 Å². The minimum atomic E-state index is -0.633. The van der Waals surface area contributed by atoms with Gasteiger partial charge in [0.05, 0.1) is 0 Å². The Bertz CT molecular complexity index is 507. The van der Waals surface area contributed by atoms with E-state index in [0.717, 1.165) is 5.56 Å². The molecule has 102 valence electrons. The molecule has 1 rings (SSSR count). The van der Waals surface area contributed by atoms with E-state index in [2.05, 4.69) is 0 Å². The lowest BCUT2D eigenvalue weighted by molar-refractivity contribution is -0.150. The van der Waals surface area contributed by atoms with Crippen LogP contribution in [0.3, 0.4) is 0 Å². The van der Waals surface area contributed by atoms with E-state index in [-0.39, 0.29) is 11.4 Å². The number of carbonyl (C=O) groups excluding carboxylic acids is 2. The van der Waals surface area contributed by atoms with Crippen LogP contribution in [-0.2, 0) is 14.3 Å². The van der Waals surface area contributed by atoms with Crippen LogP contribution >= 0.6 is 11.6 Å². The summed E-state index contributed by atoms with van der Waals surface area (Å²) in [6, 6.07) is 6.85. The normalized spacial score (nSPS) is 12.2. The van der Waals surface area contributed by atoms with E-state index < -0.39 is 11.6 Å². The van der Waals surface area contributed by atoms with E-state index >= 15 is 0 Å². The maximum absolute atomic E-state index is 11.9. The molecule has 0 heterocycles. The molecular weight excluding hydrogens is 264 g/mol. The molecule has 0 aliphatic heterocycles. The Morgan fingerprint density at radius 2 is 1.68 bits per heavy atom. The fraction of sp³-hybridized carbons (Fsp3) is 0.333. The molecule has 0 aliphatic rings. The van der Waals surface area contributed by atoms with Gasteiger partial charge >= 0.3 is 5.97 Å². The largest absolute Gasteiger partial charge is 0.456 e. The third-order valence-electron chi connectivity index (χ3n) is 2.18. The quantitative estimate of drug-likeness (QED) is 0.367. The minimum absolute atomic E-state index is 0.0252. The number of halogens is 1. The van der Waals surface area contributed by atoms with Crippen molar-refractivity contribution >= 4 is 29.4 Å². The van der Waals surface area contributed by atoms with Gasteiger partial charge in [0.2, 0.25) is 0 Å². The summed E-state index contributed by atoms with van der Waals surface area (Å²) in [5, 5.41) is 0.596. The first-order chi connectivity index (χ1) is 8.69. The van der Waals surface area contributed by atoms with Gasteiger partial charge < -0.3 is 4.74 Å². The molecule has 0 aromatic heterocycles. The molecule has 4 heteroatoms. The third-order valence-corrected chi connectivity index (χ3v) is 2.43. The summed E-state index contributed by atoms with van der Waals surface area (Å²) in [7, 11) is 0. The molecule has 0 atom stereocenters. The summed E-state index contributed by atoms with van der Waals surface area (Å²) in [5.74, 6) is -0.945. The number of ether oxygens (including phenoxy) is 1. The Morgan fingerprint density at radius 1 is 1.16 bits per heavy atom. The van der Waals surface area contributed by atoms with Gasteiger partial charge in [-0.2, -0.15) is 0 Å². The first kappa shape index (κ1) is 15.4. The Morgan fingerprint density at radius 3 is 2.11 bits per heavy atom. The lowest BCUT2D eigenvalue weighted by Gasteiger charge is -2.19. The second-order valence-electron chi connectivity index (χ2n) is 5.17. The Hall–Kier alpha value is -1.61. The van der Waals surface area contributed by atoms with Crippen molar-refractivity contribution in [3.05, 3.63) is 40.4 Å². The van der Waals surface area contributed by atoms with Crippen molar-refractivity contribution in [3.63, 3.8) is 0 Å². The van der Waals surface area contributed by atoms with Crippen LogP contribution in [0.2, 0.25) is 5.02 Å². The fourth-order valence-electron chi connectivity index (χ4n) is 1.36. The monoisotopic (exact) mass is 280 g/mol. The van der Waals surface area contributed by atoms with Crippen LogP contribution < -0.4 is 0 Å². The molecule has 19 heavy (non-hydrogen) atoms. The van der Waals surface area contributed by atoms with E-state index in [4.69, 9.17) is 16.3 Å². The van der Waals surface area contributed by atoms with Crippen molar-refractivity contribution in [1.29, 1.82) is 0 Å². The maximum Gasteiger partial charge on any atom is 0.342 e. The van der Waals surface area contributed by atoms with E-state index in [1.807, 2.05) is 0 Å². The fourth-order valence-corrected chi connectivity index (χ4v) is 1.49. The van der Waals surface area contributed by atoms with Gasteiger partial charge in [0.1, 0.15) is 11.2 Å². The van der Waals surface area contributed by atoms with Gasteiger partial charge in [-0.25, -0.2) is 4.79 Å². The number of benzene rings is 1. The van der Waals surface area contributed by atoms with Crippen molar-refractivity contribution in [2.75, 3.05) is 0 Å². The lowest BCUT2D eigenvalue weighted by Crippen LogP contribution is -2.26. The Balaban J connectivity index is 3.04. The molecule has 0 N–H and O–H groups in total. The number of rotatable bonds is 3. The predicted octanol–water partition coefficient (Wildman–Crippen LogP) is 3.65. The summed E-state index contributed by atoms with van der Waals surface area (Å²) >= 11 is 5.78. The molecule has 0 fully saturated rings. The molecule has 1 aromatic carbocycles. The highest BCUT2D eigenvalue weighted by Gasteiger charge is 2.22. The number of esters is 1. The Labute approximate surface area is 118 Å². The van der Waals surface area contributed by atoms with Crippen LogP contribution in [0.4, 0.5) is 0 Å². The van der Waals surface area contributed by atoms with Gasteiger partial charge in [-0.05, 0) is 51.5 Å². The molecule has 0 bridgehead atoms. The van der Waals surface area contributed by atoms with Crippen LogP contribution in [0.1, 0.15) is 33.3 Å². The zero-order valence-corrected chi connectivity index (χ0v) is 12.2. The highest BCUT2D eigenvalue weighted by atomic mass is 35.5. The zero-order valence-electron chi connectivity index (χ0n) is 11.5. The van der Waals surface area contributed by atoms with Gasteiger partial charge in [0.25, 0.3) is 0 Å². The molecule has 0 amide bonds. The minimum Gasteiger partial charge on any atom is -0.456 e. The standard InChI is InChI=1S/C15H17ClO3/c1-10(17)13(14(18)19-15(2,3)4)9-11-5-7-12(16)8-6-11/h5-9H,1-4H3. The van der Waals surface area contributed by atoms with E-state index in [1.165, 1.54) is 13.0 Å². The molecule has 0 saturated heterocycles. The molecule has 0 unspecified atom stereocenters. The summed E-state index contributed by atoms with van der Waals surface area (Å²) < 4.78 is 5.20. The smallest absolute Gasteiger partial charge is 0.342 e. The molecule has 0 spiro atoms. The van der Waals surface area contributed by atoms with Gasteiger partial charge in [-0.1, -0.05) is 23.7 Å². The van der Waals surface area contributed by atoms with Crippen LogP contribution in [0, 0.1) is 0 Å². The Kier molecular flexibility index (Phi) is 4.90. The first-order valence-corrected chi connectivity index (χ1v) is 6.28. The number of ketones is 1. The summed E-state index contributed by atoms with van der Waals surface area (Å²) in [6.45, 7) is 6.60. The molecular formula is C15H17ClO3. The van der Waals surface area contributed by atoms with E-state index in [9.17, 15) is 9.59 Å². The van der Waals surface area contributed by atoms with Crippen molar-refractivity contribution in [2.24, 2.45) is 0 Å². The van der Waals surface area contributed by atoms with Gasteiger partial charge in [-0.3, -0.25) is 4.79 Å². The van der Waals surface area contributed by atoms with Crippen LogP contribution in [-0.4, -0.2) is 17.4 Å². The van der Waals surface area contributed by atoms with Crippen molar-refractivity contribution in [1.82, 2.24) is 0 Å². The average molecular weight is 281 g/mol. The first-order valence-electron chi connectivity index (χ1n) is 5.90. The average Bonchev–Trinajstić information content (AvgIpc) is 2.25. The predicted molar refractivity (Wildman–Crippen MR) is 76.0 cm³/mol.